The van der Waals surface area contributed by atoms with Gasteiger partial charge < -0.3 is 9.83 Å². The Morgan fingerprint density at radius 2 is 1.67 bits per heavy atom. The minimum absolute atomic E-state index is 0.969. The van der Waals surface area contributed by atoms with Crippen LogP contribution in [0.3, 0.4) is 0 Å². The number of furan rings is 1. The predicted molar refractivity (Wildman–Crippen MR) is 93.3 cm³/mol. The van der Waals surface area contributed by atoms with Gasteiger partial charge in [0.15, 0.2) is 0 Å². The van der Waals surface area contributed by atoms with Crippen molar-refractivity contribution in [1.29, 1.82) is 5.41 Å². The lowest BCUT2D eigenvalue weighted by Gasteiger charge is -1.91. The van der Waals surface area contributed by atoms with Crippen molar-refractivity contribution in [2.75, 3.05) is 0 Å². The smallest absolute Gasteiger partial charge is 0.138 e. The lowest BCUT2D eigenvalue weighted by molar-refractivity contribution is 0.666. The summed E-state index contributed by atoms with van der Waals surface area (Å²) in [6, 6.07) is 14.4. The first-order valence-corrected chi connectivity index (χ1v) is 6.76. The van der Waals surface area contributed by atoms with Crippen molar-refractivity contribution in [1.82, 2.24) is 0 Å². The molecular weight excluding hydrogens is 258 g/mol. The van der Waals surface area contributed by atoms with E-state index in [0.717, 1.165) is 11.2 Å². The van der Waals surface area contributed by atoms with E-state index in [1.165, 1.54) is 22.6 Å². The van der Waals surface area contributed by atoms with Crippen molar-refractivity contribution in [2.45, 2.75) is 13.8 Å². The standard InChI is InChI=1S/C13H10O.C4H7N.C2H4/c1-9-5-4-7-11-10-6-2-3-8-12(10)14-13(9)11;1-2-3-4-5;1-2/h2-8H,1H3;2-5H,1H3;1-2H2/b;3-2-,5-4?;. The Balaban J connectivity index is 0.000000272. The van der Waals surface area contributed by atoms with Crippen molar-refractivity contribution in [3.05, 3.63) is 73.3 Å². The number of aryl methyl sites for hydroxylation is 1. The summed E-state index contributed by atoms with van der Waals surface area (Å²) in [5.74, 6) is 0. The number of allylic oxidation sites excluding steroid dienone is 2. The van der Waals surface area contributed by atoms with Crippen LogP contribution < -0.4 is 0 Å². The van der Waals surface area contributed by atoms with Crippen LogP contribution >= 0.6 is 0 Å². The second-order valence-corrected chi connectivity index (χ2v) is 4.24. The quantitative estimate of drug-likeness (QED) is 0.436. The number of hydrogen-bond acceptors (Lipinski definition) is 2. The van der Waals surface area contributed by atoms with Gasteiger partial charge in [-0.15, -0.1) is 13.2 Å². The van der Waals surface area contributed by atoms with Gasteiger partial charge in [0.05, 0.1) is 0 Å². The number of fused-ring (bicyclic) bond motifs is 3. The van der Waals surface area contributed by atoms with Gasteiger partial charge in [0, 0.05) is 17.0 Å². The van der Waals surface area contributed by atoms with E-state index in [-0.39, 0.29) is 0 Å². The van der Waals surface area contributed by atoms with Gasteiger partial charge >= 0.3 is 0 Å². The normalized spacial score (nSPS) is 9.81. The summed E-state index contributed by atoms with van der Waals surface area (Å²) >= 11 is 0. The SMILES string of the molecule is C/C=C\C=N.C=C.Cc1cccc2c1oc1ccccc12. The highest BCUT2D eigenvalue weighted by Gasteiger charge is 2.06. The van der Waals surface area contributed by atoms with E-state index in [9.17, 15) is 0 Å². The van der Waals surface area contributed by atoms with Gasteiger partial charge in [0.2, 0.25) is 0 Å². The van der Waals surface area contributed by atoms with E-state index in [4.69, 9.17) is 9.83 Å². The molecule has 0 fully saturated rings. The summed E-state index contributed by atoms with van der Waals surface area (Å²) in [7, 11) is 0. The molecule has 1 N–H and O–H groups in total. The third-order valence-electron chi connectivity index (χ3n) is 2.89. The highest BCUT2D eigenvalue weighted by atomic mass is 16.3. The topological polar surface area (TPSA) is 37.0 Å². The Kier molecular flexibility index (Phi) is 6.69. The molecule has 0 aliphatic rings. The molecule has 2 aromatic carbocycles. The highest BCUT2D eigenvalue weighted by molar-refractivity contribution is 6.05. The average molecular weight is 279 g/mol. The third kappa shape index (κ3) is 3.93. The number of hydrogen-bond donors (Lipinski definition) is 1. The molecule has 0 aliphatic heterocycles. The molecular formula is C19H21NO. The van der Waals surface area contributed by atoms with Crippen LogP contribution in [0.4, 0.5) is 0 Å². The predicted octanol–water partition coefficient (Wildman–Crippen LogP) is 5.91. The van der Waals surface area contributed by atoms with E-state index in [1.54, 1.807) is 6.08 Å². The summed E-state index contributed by atoms with van der Waals surface area (Å²) in [6.45, 7) is 9.95. The molecule has 0 bridgehead atoms. The molecule has 21 heavy (non-hydrogen) atoms. The Morgan fingerprint density at radius 3 is 2.29 bits per heavy atom. The Labute approximate surface area is 125 Å². The van der Waals surface area contributed by atoms with Gasteiger partial charge in [0.1, 0.15) is 11.2 Å². The lowest BCUT2D eigenvalue weighted by Crippen LogP contribution is -1.70. The van der Waals surface area contributed by atoms with Gasteiger partial charge in [-0.1, -0.05) is 42.5 Å². The number of para-hydroxylation sites is 2. The molecule has 2 heteroatoms. The fourth-order valence-corrected chi connectivity index (χ4v) is 1.98. The fraction of sp³-hybridized carbons (Fsp3) is 0.105. The van der Waals surface area contributed by atoms with E-state index in [2.05, 4.69) is 44.3 Å². The zero-order valence-electron chi connectivity index (χ0n) is 12.6. The molecule has 3 aromatic rings. The molecule has 108 valence electrons. The summed E-state index contributed by atoms with van der Waals surface area (Å²) in [4.78, 5) is 0. The van der Waals surface area contributed by atoms with Crippen LogP contribution in [0.2, 0.25) is 0 Å². The molecule has 1 aromatic heterocycles. The van der Waals surface area contributed by atoms with Gasteiger partial charge in [-0.3, -0.25) is 0 Å². The molecule has 0 atom stereocenters. The summed E-state index contributed by atoms with van der Waals surface area (Å²) in [6.07, 6.45) is 4.73. The van der Waals surface area contributed by atoms with Crippen LogP contribution in [-0.2, 0) is 0 Å². The summed E-state index contributed by atoms with van der Waals surface area (Å²) in [5, 5.41) is 8.80. The zero-order chi connectivity index (χ0) is 15.7. The first kappa shape index (κ1) is 16.4. The van der Waals surface area contributed by atoms with Crippen LogP contribution in [0, 0.1) is 12.3 Å². The van der Waals surface area contributed by atoms with Gasteiger partial charge in [-0.25, -0.2) is 0 Å². The fourth-order valence-electron chi connectivity index (χ4n) is 1.98. The largest absolute Gasteiger partial charge is 0.456 e. The molecule has 1 heterocycles. The summed E-state index contributed by atoms with van der Waals surface area (Å²) in [5.41, 5.74) is 3.17. The van der Waals surface area contributed by atoms with Gasteiger partial charge in [-0.05, 0) is 31.6 Å². The van der Waals surface area contributed by atoms with Crippen LogP contribution in [-0.4, -0.2) is 6.21 Å². The van der Waals surface area contributed by atoms with Crippen LogP contribution in [0.15, 0.2) is 72.2 Å². The molecule has 0 amide bonds. The molecule has 3 rings (SSSR count). The lowest BCUT2D eigenvalue weighted by atomic mass is 10.1. The molecule has 0 saturated carbocycles. The van der Waals surface area contributed by atoms with Crippen LogP contribution in [0.25, 0.3) is 21.9 Å². The van der Waals surface area contributed by atoms with Crippen molar-refractivity contribution in [2.24, 2.45) is 0 Å². The minimum atomic E-state index is 0.969. The number of benzene rings is 2. The van der Waals surface area contributed by atoms with Gasteiger partial charge in [-0.2, -0.15) is 0 Å². The zero-order valence-corrected chi connectivity index (χ0v) is 12.6. The molecule has 0 radical (unpaired) electrons. The van der Waals surface area contributed by atoms with E-state index in [1.807, 2.05) is 31.2 Å². The third-order valence-corrected chi connectivity index (χ3v) is 2.89. The Bertz CT molecular complexity index is 737. The molecule has 0 saturated heterocycles. The molecule has 0 aliphatic carbocycles. The maximum absolute atomic E-state index is 6.39. The summed E-state index contributed by atoms with van der Waals surface area (Å²) < 4.78 is 5.78. The first-order chi connectivity index (χ1) is 10.3. The first-order valence-electron chi connectivity index (χ1n) is 6.76. The van der Waals surface area contributed by atoms with Crippen molar-refractivity contribution < 1.29 is 4.42 Å². The number of rotatable bonds is 1. The molecule has 2 nitrogen and oxygen atoms in total. The highest BCUT2D eigenvalue weighted by Crippen LogP contribution is 2.29. The van der Waals surface area contributed by atoms with Crippen LogP contribution in [0.5, 0.6) is 0 Å². The van der Waals surface area contributed by atoms with E-state index in [0.29, 0.717) is 0 Å². The van der Waals surface area contributed by atoms with Crippen molar-refractivity contribution in [3.63, 3.8) is 0 Å². The van der Waals surface area contributed by atoms with E-state index >= 15 is 0 Å². The maximum atomic E-state index is 6.39. The van der Waals surface area contributed by atoms with E-state index < -0.39 is 0 Å². The molecule has 0 unspecified atom stereocenters. The second kappa shape index (κ2) is 8.54. The Hall–Kier alpha value is -2.61. The van der Waals surface area contributed by atoms with Crippen LogP contribution in [0.1, 0.15) is 12.5 Å². The maximum Gasteiger partial charge on any atom is 0.138 e. The van der Waals surface area contributed by atoms with Crippen molar-refractivity contribution >= 4 is 28.2 Å². The molecule has 0 spiro atoms. The number of nitrogens with one attached hydrogen (secondary N) is 1. The minimum Gasteiger partial charge on any atom is -0.456 e. The van der Waals surface area contributed by atoms with Gasteiger partial charge in [0.25, 0.3) is 0 Å². The second-order valence-electron chi connectivity index (χ2n) is 4.24. The Morgan fingerprint density at radius 1 is 1.00 bits per heavy atom. The monoisotopic (exact) mass is 279 g/mol. The average Bonchev–Trinajstić information content (AvgIpc) is 2.91. The van der Waals surface area contributed by atoms with Crippen molar-refractivity contribution in [3.8, 4) is 0 Å².